The summed E-state index contributed by atoms with van der Waals surface area (Å²) < 4.78 is 1.74. The van der Waals surface area contributed by atoms with Gasteiger partial charge in [0.2, 0.25) is 5.43 Å². The van der Waals surface area contributed by atoms with Crippen molar-refractivity contribution in [2.24, 2.45) is 7.05 Å². The van der Waals surface area contributed by atoms with Crippen LogP contribution < -0.4 is 16.5 Å². The molecule has 122 valence electrons. The van der Waals surface area contributed by atoms with E-state index in [4.69, 9.17) is 5.73 Å². The minimum atomic E-state index is -0.429. The fourth-order valence-electron chi connectivity index (χ4n) is 2.86. The van der Waals surface area contributed by atoms with Gasteiger partial charge in [0.05, 0.1) is 10.9 Å². The fraction of sp³-hybridized carbons (Fsp3) is 0.158. The third-order valence-electron chi connectivity index (χ3n) is 4.14. The monoisotopic (exact) mass is 321 g/mol. The van der Waals surface area contributed by atoms with Crippen LogP contribution in [-0.4, -0.2) is 10.5 Å². The normalized spacial score (nSPS) is 10.8. The number of carbonyl (C=O) groups is 1. The van der Waals surface area contributed by atoms with Crippen LogP contribution in [0.4, 0.5) is 11.4 Å². The lowest BCUT2D eigenvalue weighted by atomic mass is 10.1. The lowest BCUT2D eigenvalue weighted by molar-refractivity contribution is 0.102. The highest BCUT2D eigenvalue weighted by molar-refractivity contribution is 6.07. The van der Waals surface area contributed by atoms with Gasteiger partial charge in [-0.2, -0.15) is 0 Å². The molecule has 3 aromatic rings. The van der Waals surface area contributed by atoms with Crippen LogP contribution in [0.1, 0.15) is 22.8 Å². The molecule has 0 saturated heterocycles. The van der Waals surface area contributed by atoms with Crippen LogP contribution in [0.25, 0.3) is 10.9 Å². The summed E-state index contributed by atoms with van der Waals surface area (Å²) in [7, 11) is 1.79. The van der Waals surface area contributed by atoms with Gasteiger partial charge in [0.25, 0.3) is 5.91 Å². The van der Waals surface area contributed by atoms with Gasteiger partial charge in [0, 0.05) is 24.6 Å². The number of hydrogen-bond acceptors (Lipinski definition) is 3. The maximum atomic E-state index is 12.7. The van der Waals surface area contributed by atoms with Gasteiger partial charge >= 0.3 is 0 Å². The molecule has 0 spiro atoms. The van der Waals surface area contributed by atoms with Gasteiger partial charge in [-0.1, -0.05) is 31.2 Å². The van der Waals surface area contributed by atoms with E-state index in [1.165, 1.54) is 0 Å². The van der Waals surface area contributed by atoms with Crippen LogP contribution in [0, 0.1) is 0 Å². The van der Waals surface area contributed by atoms with Gasteiger partial charge < -0.3 is 15.6 Å². The van der Waals surface area contributed by atoms with E-state index in [0.717, 1.165) is 12.0 Å². The predicted molar refractivity (Wildman–Crippen MR) is 97.4 cm³/mol. The largest absolute Gasteiger partial charge is 0.398 e. The molecule has 3 N–H and O–H groups in total. The second kappa shape index (κ2) is 6.20. The smallest absolute Gasteiger partial charge is 0.261 e. The number of anilines is 2. The SMILES string of the molecule is CCc1ccccc1NC(=O)c1cn(C)c2cccc(N)c2c1=O. The molecule has 0 bridgehead atoms. The third kappa shape index (κ3) is 2.65. The summed E-state index contributed by atoms with van der Waals surface area (Å²) in [5.41, 5.74) is 8.48. The van der Waals surface area contributed by atoms with Gasteiger partial charge in [-0.15, -0.1) is 0 Å². The van der Waals surface area contributed by atoms with Crippen LogP contribution in [0.2, 0.25) is 0 Å². The lowest BCUT2D eigenvalue weighted by Crippen LogP contribution is -2.24. The Balaban J connectivity index is 2.10. The Bertz CT molecular complexity index is 990. The van der Waals surface area contributed by atoms with Crippen molar-refractivity contribution in [3.8, 4) is 0 Å². The van der Waals surface area contributed by atoms with Crippen LogP contribution in [0.5, 0.6) is 0 Å². The molecule has 0 unspecified atom stereocenters. The van der Waals surface area contributed by atoms with Gasteiger partial charge in [-0.3, -0.25) is 9.59 Å². The Labute approximate surface area is 139 Å². The third-order valence-corrected chi connectivity index (χ3v) is 4.14. The topological polar surface area (TPSA) is 77.1 Å². The van der Waals surface area contributed by atoms with Gasteiger partial charge in [0.1, 0.15) is 5.56 Å². The summed E-state index contributed by atoms with van der Waals surface area (Å²) in [5, 5.41) is 3.21. The Morgan fingerprint density at radius 1 is 1.17 bits per heavy atom. The number of rotatable bonds is 3. The number of aromatic nitrogens is 1. The number of benzene rings is 2. The first-order chi connectivity index (χ1) is 11.5. The van der Waals surface area contributed by atoms with E-state index in [9.17, 15) is 9.59 Å². The van der Waals surface area contributed by atoms with Crippen molar-refractivity contribution < 1.29 is 4.79 Å². The summed E-state index contributed by atoms with van der Waals surface area (Å²) in [6, 6.07) is 12.8. The van der Waals surface area contributed by atoms with Crippen LogP contribution in [-0.2, 0) is 13.5 Å². The highest BCUT2D eigenvalue weighted by Gasteiger charge is 2.16. The summed E-state index contributed by atoms with van der Waals surface area (Å²) in [5.74, 6) is -0.429. The Hall–Kier alpha value is -3.08. The van der Waals surface area contributed by atoms with E-state index in [0.29, 0.717) is 22.3 Å². The molecule has 0 aliphatic rings. The van der Waals surface area contributed by atoms with Crippen molar-refractivity contribution in [2.45, 2.75) is 13.3 Å². The molecule has 1 heterocycles. The molecule has 0 fully saturated rings. The first-order valence-electron chi connectivity index (χ1n) is 7.80. The summed E-state index contributed by atoms with van der Waals surface area (Å²) in [6.07, 6.45) is 2.34. The number of fused-ring (bicyclic) bond motifs is 1. The number of nitrogens with one attached hydrogen (secondary N) is 1. The highest BCUT2D eigenvalue weighted by Crippen LogP contribution is 2.19. The summed E-state index contributed by atoms with van der Waals surface area (Å²) in [6.45, 7) is 2.01. The number of hydrogen-bond donors (Lipinski definition) is 2. The van der Waals surface area contributed by atoms with E-state index in [1.807, 2.05) is 31.2 Å². The van der Waals surface area contributed by atoms with E-state index >= 15 is 0 Å². The van der Waals surface area contributed by atoms with Crippen molar-refractivity contribution in [1.82, 2.24) is 4.57 Å². The number of para-hydroxylation sites is 1. The molecule has 24 heavy (non-hydrogen) atoms. The minimum absolute atomic E-state index is 0.0776. The van der Waals surface area contributed by atoms with E-state index in [2.05, 4.69) is 5.32 Å². The number of carbonyl (C=O) groups excluding carboxylic acids is 1. The molecular weight excluding hydrogens is 302 g/mol. The zero-order valence-electron chi connectivity index (χ0n) is 13.7. The molecular formula is C19H19N3O2. The molecule has 0 aliphatic heterocycles. The van der Waals surface area contributed by atoms with E-state index in [-0.39, 0.29) is 11.0 Å². The molecule has 1 amide bonds. The second-order valence-corrected chi connectivity index (χ2v) is 5.69. The van der Waals surface area contributed by atoms with Crippen LogP contribution in [0.3, 0.4) is 0 Å². The Kier molecular flexibility index (Phi) is 4.08. The van der Waals surface area contributed by atoms with Crippen molar-refractivity contribution in [3.05, 3.63) is 70.0 Å². The van der Waals surface area contributed by atoms with Crippen LogP contribution >= 0.6 is 0 Å². The standard InChI is InChI=1S/C19H19N3O2/c1-3-12-7-4-5-9-15(12)21-19(24)13-11-22(2)16-10-6-8-14(20)17(16)18(13)23/h4-11H,3,20H2,1-2H3,(H,21,24). The number of nitrogens with zero attached hydrogens (tertiary/aromatic N) is 1. The molecule has 1 aromatic heterocycles. The molecule has 0 aliphatic carbocycles. The first kappa shape index (κ1) is 15.8. The number of nitrogen functional groups attached to an aromatic ring is 1. The van der Waals surface area contributed by atoms with E-state index in [1.54, 1.807) is 36.0 Å². The number of pyridine rings is 1. The maximum absolute atomic E-state index is 12.7. The second-order valence-electron chi connectivity index (χ2n) is 5.69. The van der Waals surface area contributed by atoms with Gasteiger partial charge in [-0.25, -0.2) is 0 Å². The van der Waals surface area contributed by atoms with E-state index < -0.39 is 5.91 Å². The predicted octanol–water partition coefficient (Wildman–Crippen LogP) is 2.94. The molecule has 5 heteroatoms. The van der Waals surface area contributed by atoms with Gasteiger partial charge in [0.15, 0.2) is 0 Å². The molecule has 5 nitrogen and oxygen atoms in total. The molecule has 2 aromatic carbocycles. The van der Waals surface area contributed by atoms with Crippen LogP contribution in [0.15, 0.2) is 53.5 Å². The van der Waals surface area contributed by atoms with Crippen molar-refractivity contribution >= 4 is 28.2 Å². The maximum Gasteiger partial charge on any atom is 0.261 e. The number of aryl methyl sites for hydroxylation is 2. The highest BCUT2D eigenvalue weighted by atomic mass is 16.2. The summed E-state index contributed by atoms with van der Waals surface area (Å²) in [4.78, 5) is 25.4. The zero-order valence-corrected chi connectivity index (χ0v) is 13.7. The zero-order chi connectivity index (χ0) is 17.3. The van der Waals surface area contributed by atoms with Crippen molar-refractivity contribution in [1.29, 1.82) is 0 Å². The number of nitrogens with two attached hydrogens (primary N) is 1. The minimum Gasteiger partial charge on any atom is -0.398 e. The average molecular weight is 321 g/mol. The fourth-order valence-corrected chi connectivity index (χ4v) is 2.86. The molecule has 0 saturated carbocycles. The number of amides is 1. The first-order valence-corrected chi connectivity index (χ1v) is 7.80. The quantitative estimate of drug-likeness (QED) is 0.728. The van der Waals surface area contributed by atoms with Crippen molar-refractivity contribution in [3.63, 3.8) is 0 Å². The average Bonchev–Trinajstić information content (AvgIpc) is 2.58. The Morgan fingerprint density at radius 2 is 1.92 bits per heavy atom. The molecule has 0 atom stereocenters. The lowest BCUT2D eigenvalue weighted by Gasteiger charge is -2.12. The Morgan fingerprint density at radius 3 is 2.67 bits per heavy atom. The van der Waals surface area contributed by atoms with Crippen molar-refractivity contribution in [2.75, 3.05) is 11.1 Å². The van der Waals surface area contributed by atoms with Gasteiger partial charge in [-0.05, 0) is 30.2 Å². The molecule has 0 radical (unpaired) electrons. The molecule has 3 rings (SSSR count). The summed E-state index contributed by atoms with van der Waals surface area (Å²) >= 11 is 0.